The van der Waals surface area contributed by atoms with E-state index in [1.165, 1.54) is 10.9 Å². The third-order valence-corrected chi connectivity index (χ3v) is 7.42. The Labute approximate surface area is 223 Å². The Morgan fingerprint density at radius 3 is 2.57 bits per heavy atom. The van der Waals surface area contributed by atoms with E-state index in [2.05, 4.69) is 61.3 Å². The predicted octanol–water partition coefficient (Wildman–Crippen LogP) is 9.04. The lowest BCUT2D eigenvalue weighted by Gasteiger charge is -2.18. The maximum absolute atomic E-state index is 13.0. The number of carbonyl (C=O) groups is 2. The minimum absolute atomic E-state index is 0.0898. The number of ketones is 2. The molecule has 0 saturated carbocycles. The fraction of sp³-hybridized carbons (Fsp3) is 0.412. The standard InChI is InChI=1S/C34H43NO2/c1-5-8-14-25(4)34(37)28(13-6-2)17-11-15-26(7-3)22-30(36)23-27-16-12-18-29(21-27)32-24-35-33-20-10-9-19-31(32)33/h5,8-10,12,14,16,18-21,24,26,28,35H,6-7,11,13,15,17,22-23H2,1-4H3. The molecule has 3 nitrogen and oxygen atoms in total. The molecule has 0 fully saturated rings. The van der Waals surface area contributed by atoms with Gasteiger partial charge in [0.1, 0.15) is 5.78 Å². The van der Waals surface area contributed by atoms with Gasteiger partial charge in [-0.25, -0.2) is 0 Å². The topological polar surface area (TPSA) is 49.9 Å². The molecule has 3 heteroatoms. The molecule has 0 aliphatic carbocycles. The van der Waals surface area contributed by atoms with E-state index in [0.29, 0.717) is 24.5 Å². The summed E-state index contributed by atoms with van der Waals surface area (Å²) < 4.78 is 0. The summed E-state index contributed by atoms with van der Waals surface area (Å²) in [6, 6.07) is 16.7. The third-order valence-electron chi connectivity index (χ3n) is 7.42. The maximum Gasteiger partial charge on any atom is 0.161 e. The molecule has 0 amide bonds. The van der Waals surface area contributed by atoms with Crippen LogP contribution in [0.5, 0.6) is 0 Å². The quantitative estimate of drug-likeness (QED) is 0.168. The number of nitrogens with one attached hydrogen (secondary N) is 1. The molecule has 0 spiro atoms. The molecule has 2 unspecified atom stereocenters. The maximum atomic E-state index is 13.0. The van der Waals surface area contributed by atoms with Gasteiger partial charge in [0.25, 0.3) is 0 Å². The van der Waals surface area contributed by atoms with E-state index in [-0.39, 0.29) is 11.7 Å². The van der Waals surface area contributed by atoms with Crippen molar-refractivity contribution in [2.45, 2.75) is 79.1 Å². The highest BCUT2D eigenvalue weighted by atomic mass is 16.1. The molecule has 0 saturated heterocycles. The van der Waals surface area contributed by atoms with Gasteiger partial charge < -0.3 is 4.98 Å². The van der Waals surface area contributed by atoms with E-state index in [9.17, 15) is 9.59 Å². The van der Waals surface area contributed by atoms with Crippen LogP contribution in [-0.4, -0.2) is 16.6 Å². The van der Waals surface area contributed by atoms with Gasteiger partial charge in [-0.15, -0.1) is 0 Å². The average molecular weight is 498 g/mol. The zero-order valence-electron chi connectivity index (χ0n) is 23.1. The van der Waals surface area contributed by atoms with Crippen molar-refractivity contribution < 1.29 is 9.59 Å². The van der Waals surface area contributed by atoms with Crippen molar-refractivity contribution in [1.29, 1.82) is 0 Å². The number of aromatic amines is 1. The third kappa shape index (κ3) is 8.15. The van der Waals surface area contributed by atoms with E-state index in [0.717, 1.165) is 60.7 Å². The first-order valence-electron chi connectivity index (χ1n) is 14.0. The number of rotatable bonds is 15. The number of fused-ring (bicyclic) bond motifs is 1. The van der Waals surface area contributed by atoms with Gasteiger partial charge >= 0.3 is 0 Å². The Morgan fingerprint density at radius 1 is 1.00 bits per heavy atom. The van der Waals surface area contributed by atoms with Crippen molar-refractivity contribution in [2.24, 2.45) is 11.8 Å². The smallest absolute Gasteiger partial charge is 0.161 e. The van der Waals surface area contributed by atoms with Crippen LogP contribution in [0.3, 0.4) is 0 Å². The number of H-pyrrole nitrogens is 1. The minimum Gasteiger partial charge on any atom is -0.361 e. The van der Waals surface area contributed by atoms with Crippen LogP contribution in [-0.2, 0) is 16.0 Å². The summed E-state index contributed by atoms with van der Waals surface area (Å²) in [7, 11) is 0. The summed E-state index contributed by atoms with van der Waals surface area (Å²) in [4.78, 5) is 29.3. The van der Waals surface area contributed by atoms with Crippen LogP contribution < -0.4 is 0 Å². The molecule has 0 aliphatic rings. The van der Waals surface area contributed by atoms with E-state index in [4.69, 9.17) is 0 Å². The lowest BCUT2D eigenvalue weighted by atomic mass is 9.86. The molecular formula is C34H43NO2. The molecule has 3 rings (SSSR count). The fourth-order valence-corrected chi connectivity index (χ4v) is 5.28. The second kappa shape index (κ2) is 14.5. The van der Waals surface area contributed by atoms with Gasteiger partial charge in [0.2, 0.25) is 0 Å². The Bertz CT molecular complexity index is 1230. The van der Waals surface area contributed by atoms with Gasteiger partial charge in [-0.2, -0.15) is 0 Å². The lowest BCUT2D eigenvalue weighted by Crippen LogP contribution is -2.16. The predicted molar refractivity (Wildman–Crippen MR) is 157 cm³/mol. The normalized spacial score (nSPS) is 13.8. The summed E-state index contributed by atoms with van der Waals surface area (Å²) in [6.45, 7) is 8.21. The molecular weight excluding hydrogens is 454 g/mol. The van der Waals surface area contributed by atoms with Crippen LogP contribution in [0, 0.1) is 11.8 Å². The highest BCUT2D eigenvalue weighted by Gasteiger charge is 2.20. The number of hydrogen-bond donors (Lipinski definition) is 1. The number of para-hydroxylation sites is 1. The van der Waals surface area contributed by atoms with Crippen molar-refractivity contribution in [3.8, 4) is 11.1 Å². The van der Waals surface area contributed by atoms with Gasteiger partial charge in [-0.05, 0) is 55.4 Å². The first kappa shape index (κ1) is 28.4. The molecule has 3 aromatic rings. The summed E-state index contributed by atoms with van der Waals surface area (Å²) in [6.07, 6.45) is 14.8. The lowest BCUT2D eigenvalue weighted by molar-refractivity contribution is -0.120. The van der Waals surface area contributed by atoms with Crippen LogP contribution in [0.4, 0.5) is 0 Å². The first-order valence-corrected chi connectivity index (χ1v) is 14.0. The van der Waals surface area contributed by atoms with Crippen molar-refractivity contribution in [2.75, 3.05) is 0 Å². The molecule has 2 atom stereocenters. The van der Waals surface area contributed by atoms with Crippen LogP contribution in [0.2, 0.25) is 0 Å². The molecule has 0 radical (unpaired) electrons. The van der Waals surface area contributed by atoms with Crippen LogP contribution in [0.1, 0.15) is 78.2 Å². The average Bonchev–Trinajstić information content (AvgIpc) is 3.34. The monoisotopic (exact) mass is 497 g/mol. The molecule has 1 aromatic heterocycles. The summed E-state index contributed by atoms with van der Waals surface area (Å²) in [5.74, 6) is 1.04. The van der Waals surface area contributed by atoms with Crippen molar-refractivity contribution >= 4 is 22.5 Å². The van der Waals surface area contributed by atoms with E-state index < -0.39 is 0 Å². The number of Topliss-reactive ketones (excluding diaryl/α,β-unsaturated/α-hetero) is 2. The Morgan fingerprint density at radius 2 is 1.81 bits per heavy atom. The number of aromatic nitrogens is 1. The molecule has 2 aromatic carbocycles. The largest absolute Gasteiger partial charge is 0.361 e. The number of carbonyl (C=O) groups excluding carboxylic acids is 2. The number of allylic oxidation sites excluding steroid dienone is 4. The first-order chi connectivity index (χ1) is 18.0. The van der Waals surface area contributed by atoms with E-state index >= 15 is 0 Å². The summed E-state index contributed by atoms with van der Waals surface area (Å²) >= 11 is 0. The molecule has 0 aliphatic heterocycles. The van der Waals surface area contributed by atoms with Gasteiger partial charge in [0, 0.05) is 41.4 Å². The Kier molecular flexibility index (Phi) is 11.1. The van der Waals surface area contributed by atoms with Crippen LogP contribution in [0.25, 0.3) is 22.0 Å². The second-order valence-corrected chi connectivity index (χ2v) is 10.3. The van der Waals surface area contributed by atoms with Crippen LogP contribution in [0.15, 0.2) is 78.5 Å². The minimum atomic E-state index is 0.0898. The van der Waals surface area contributed by atoms with Gasteiger partial charge in [0.15, 0.2) is 5.78 Å². The Hall–Kier alpha value is -3.20. The summed E-state index contributed by atoms with van der Waals surface area (Å²) in [5, 5.41) is 1.20. The van der Waals surface area contributed by atoms with Crippen molar-refractivity contribution in [3.05, 3.63) is 84.1 Å². The molecule has 1 N–H and O–H groups in total. The molecule has 37 heavy (non-hydrogen) atoms. The van der Waals surface area contributed by atoms with Gasteiger partial charge in [0.05, 0.1) is 0 Å². The molecule has 1 heterocycles. The summed E-state index contributed by atoms with van der Waals surface area (Å²) in [5.41, 5.74) is 5.34. The zero-order chi connectivity index (χ0) is 26.6. The fourth-order valence-electron chi connectivity index (χ4n) is 5.28. The van der Waals surface area contributed by atoms with Crippen molar-refractivity contribution in [3.63, 3.8) is 0 Å². The zero-order valence-corrected chi connectivity index (χ0v) is 23.1. The number of benzene rings is 2. The Balaban J connectivity index is 1.55. The highest BCUT2D eigenvalue weighted by molar-refractivity contribution is 5.97. The van der Waals surface area contributed by atoms with Gasteiger partial charge in [-0.1, -0.05) is 100 Å². The van der Waals surface area contributed by atoms with E-state index in [1.54, 1.807) is 0 Å². The molecule has 196 valence electrons. The second-order valence-electron chi connectivity index (χ2n) is 10.3. The SMILES string of the molecule is CC=CC=C(C)C(=O)C(CCC)CCCC(CC)CC(=O)Cc1cccc(-c2c[nH]c3ccccc23)c1. The van der Waals surface area contributed by atoms with Crippen molar-refractivity contribution in [1.82, 2.24) is 4.98 Å². The number of hydrogen-bond acceptors (Lipinski definition) is 2. The van der Waals surface area contributed by atoms with Crippen LogP contribution >= 0.6 is 0 Å². The van der Waals surface area contributed by atoms with E-state index in [1.807, 2.05) is 44.3 Å². The molecule has 0 bridgehead atoms. The highest BCUT2D eigenvalue weighted by Crippen LogP contribution is 2.29. The van der Waals surface area contributed by atoms with Gasteiger partial charge in [-0.3, -0.25) is 9.59 Å².